The number of nitrogens with one attached hydrogen (secondary N) is 1. The van der Waals surface area contributed by atoms with Crippen LogP contribution in [0.2, 0.25) is 0 Å². The van der Waals surface area contributed by atoms with Gasteiger partial charge in [0, 0.05) is 32.1 Å². The number of amides is 1. The van der Waals surface area contributed by atoms with Crippen LogP contribution in [0.15, 0.2) is 0 Å². The highest BCUT2D eigenvalue weighted by atomic mass is 16.1. The summed E-state index contributed by atoms with van der Waals surface area (Å²) in [6.45, 7) is 3.63. The van der Waals surface area contributed by atoms with Gasteiger partial charge in [0.05, 0.1) is 12.0 Å². The maximum Gasteiger partial charge on any atom is 0.217 e. The predicted octanol–water partition coefficient (Wildman–Crippen LogP) is 2.06. The normalized spacial score (nSPS) is 30.3. The molecule has 4 nitrogen and oxygen atoms in total. The lowest BCUT2D eigenvalue weighted by atomic mass is 9.92. The van der Waals surface area contributed by atoms with Crippen LogP contribution in [0.25, 0.3) is 0 Å². The molecule has 0 bridgehead atoms. The topological polar surface area (TPSA) is 56.1 Å². The first-order valence-electron chi connectivity index (χ1n) is 7.61. The van der Waals surface area contributed by atoms with Crippen molar-refractivity contribution in [3.8, 4) is 6.07 Å². The first-order valence-corrected chi connectivity index (χ1v) is 7.61. The van der Waals surface area contributed by atoms with Crippen LogP contribution < -0.4 is 5.32 Å². The summed E-state index contributed by atoms with van der Waals surface area (Å²) in [5.74, 6) is 0.280. The average molecular weight is 263 g/mol. The number of rotatable bonds is 2. The van der Waals surface area contributed by atoms with Crippen LogP contribution in [0, 0.1) is 17.2 Å². The second kappa shape index (κ2) is 6.91. The minimum atomic E-state index is 0.0721. The molecule has 0 aromatic carbocycles. The molecule has 0 aromatic heterocycles. The second-order valence-electron chi connectivity index (χ2n) is 5.95. The SMILES string of the molecule is CC(=O)NC1CCN(C2CCCCCC2C#N)CC1. The van der Waals surface area contributed by atoms with Crippen LogP contribution in [-0.4, -0.2) is 36.0 Å². The van der Waals surface area contributed by atoms with Gasteiger partial charge in [0.1, 0.15) is 0 Å². The van der Waals surface area contributed by atoms with Crippen molar-refractivity contribution in [2.24, 2.45) is 5.92 Å². The lowest BCUT2D eigenvalue weighted by Crippen LogP contribution is -2.49. The van der Waals surface area contributed by atoms with Crippen molar-refractivity contribution in [3.63, 3.8) is 0 Å². The number of piperidine rings is 1. The maximum absolute atomic E-state index is 11.1. The summed E-state index contributed by atoms with van der Waals surface area (Å²) in [6.07, 6.45) is 8.01. The molecule has 1 heterocycles. The number of hydrogen-bond donors (Lipinski definition) is 1. The highest BCUT2D eigenvalue weighted by Crippen LogP contribution is 2.29. The van der Waals surface area contributed by atoms with Gasteiger partial charge in [-0.2, -0.15) is 5.26 Å². The van der Waals surface area contributed by atoms with Crippen molar-refractivity contribution in [2.75, 3.05) is 13.1 Å². The Bertz CT molecular complexity index is 342. The Morgan fingerprint density at radius 3 is 2.47 bits per heavy atom. The fourth-order valence-electron chi connectivity index (χ4n) is 3.54. The van der Waals surface area contributed by atoms with Gasteiger partial charge in [0.25, 0.3) is 0 Å². The average Bonchev–Trinajstić information content (AvgIpc) is 2.64. The predicted molar refractivity (Wildman–Crippen MR) is 74.4 cm³/mol. The lowest BCUT2D eigenvalue weighted by Gasteiger charge is -2.39. The molecule has 2 atom stereocenters. The summed E-state index contributed by atoms with van der Waals surface area (Å²) in [4.78, 5) is 13.6. The van der Waals surface area contributed by atoms with E-state index < -0.39 is 0 Å². The Kier molecular flexibility index (Phi) is 5.21. The summed E-state index contributed by atoms with van der Waals surface area (Å²) in [5.41, 5.74) is 0. The van der Waals surface area contributed by atoms with Gasteiger partial charge in [-0.25, -0.2) is 0 Å². The third-order valence-electron chi connectivity index (χ3n) is 4.55. The zero-order chi connectivity index (χ0) is 13.7. The van der Waals surface area contributed by atoms with Gasteiger partial charge in [0.2, 0.25) is 5.91 Å². The summed E-state index contributed by atoms with van der Waals surface area (Å²) >= 11 is 0. The molecule has 1 aliphatic heterocycles. The molecule has 2 aliphatic rings. The molecule has 0 aromatic rings. The van der Waals surface area contributed by atoms with Crippen LogP contribution in [0.4, 0.5) is 0 Å². The molecule has 1 saturated heterocycles. The van der Waals surface area contributed by atoms with Crippen LogP contribution >= 0.6 is 0 Å². The van der Waals surface area contributed by atoms with E-state index in [2.05, 4.69) is 16.3 Å². The highest BCUT2D eigenvalue weighted by molar-refractivity contribution is 5.73. The van der Waals surface area contributed by atoms with Crippen molar-refractivity contribution in [3.05, 3.63) is 0 Å². The molecule has 2 fully saturated rings. The molecule has 2 rings (SSSR count). The maximum atomic E-state index is 11.1. The first-order chi connectivity index (χ1) is 9.20. The zero-order valence-electron chi connectivity index (χ0n) is 11.9. The van der Waals surface area contributed by atoms with Crippen molar-refractivity contribution < 1.29 is 4.79 Å². The third kappa shape index (κ3) is 3.94. The van der Waals surface area contributed by atoms with Crippen LogP contribution in [0.3, 0.4) is 0 Å². The fourth-order valence-corrected chi connectivity index (χ4v) is 3.54. The van der Waals surface area contributed by atoms with Gasteiger partial charge in [-0.1, -0.05) is 19.3 Å². The highest BCUT2D eigenvalue weighted by Gasteiger charge is 2.31. The number of carbonyl (C=O) groups excluding carboxylic acids is 1. The summed E-state index contributed by atoms with van der Waals surface area (Å²) in [7, 11) is 0. The van der Waals surface area contributed by atoms with Gasteiger partial charge >= 0.3 is 0 Å². The summed E-state index contributed by atoms with van der Waals surface area (Å²) < 4.78 is 0. The fraction of sp³-hybridized carbons (Fsp3) is 0.867. The van der Waals surface area contributed by atoms with Crippen molar-refractivity contribution in [2.45, 2.75) is 64.0 Å². The second-order valence-corrected chi connectivity index (χ2v) is 5.95. The minimum Gasteiger partial charge on any atom is -0.354 e. The summed E-state index contributed by atoms with van der Waals surface area (Å²) in [6, 6.07) is 3.31. The molecule has 0 radical (unpaired) electrons. The molecule has 1 saturated carbocycles. The number of carbonyl (C=O) groups is 1. The van der Waals surface area contributed by atoms with Gasteiger partial charge in [-0.3, -0.25) is 9.69 Å². The smallest absolute Gasteiger partial charge is 0.217 e. The first kappa shape index (κ1) is 14.3. The van der Waals surface area contributed by atoms with E-state index in [0.717, 1.165) is 32.4 Å². The van der Waals surface area contributed by atoms with E-state index in [0.29, 0.717) is 12.1 Å². The molecular weight excluding hydrogens is 238 g/mol. The van der Waals surface area contributed by atoms with E-state index in [9.17, 15) is 10.1 Å². The molecule has 2 unspecified atom stereocenters. The Morgan fingerprint density at radius 2 is 1.84 bits per heavy atom. The standard InChI is InChI=1S/C15H25N3O/c1-12(19)17-14-7-9-18(10-8-14)15-6-4-2-3-5-13(15)11-16/h13-15H,2-10H2,1H3,(H,17,19). The van der Waals surface area contributed by atoms with Gasteiger partial charge in [0.15, 0.2) is 0 Å². The van der Waals surface area contributed by atoms with E-state index >= 15 is 0 Å². The third-order valence-corrected chi connectivity index (χ3v) is 4.55. The van der Waals surface area contributed by atoms with E-state index in [1.807, 2.05) is 0 Å². The Hall–Kier alpha value is -1.08. The van der Waals surface area contributed by atoms with Gasteiger partial charge in [-0.05, 0) is 25.7 Å². The number of nitrogens with zero attached hydrogens (tertiary/aromatic N) is 2. The van der Waals surface area contributed by atoms with E-state index in [-0.39, 0.29) is 11.8 Å². The number of likely N-dealkylation sites (tertiary alicyclic amines) is 1. The van der Waals surface area contributed by atoms with Crippen molar-refractivity contribution in [1.29, 1.82) is 5.26 Å². The van der Waals surface area contributed by atoms with Crippen LogP contribution in [0.5, 0.6) is 0 Å². The van der Waals surface area contributed by atoms with Gasteiger partial charge in [-0.15, -0.1) is 0 Å². The summed E-state index contributed by atoms with van der Waals surface area (Å²) in [5, 5.41) is 12.4. The molecule has 19 heavy (non-hydrogen) atoms. The lowest BCUT2D eigenvalue weighted by molar-refractivity contribution is -0.120. The molecule has 1 N–H and O–H groups in total. The number of hydrogen-bond acceptors (Lipinski definition) is 3. The molecule has 0 spiro atoms. The Balaban J connectivity index is 1.88. The monoisotopic (exact) mass is 263 g/mol. The van der Waals surface area contributed by atoms with E-state index in [1.165, 1.54) is 25.7 Å². The largest absolute Gasteiger partial charge is 0.354 e. The van der Waals surface area contributed by atoms with E-state index in [4.69, 9.17) is 0 Å². The molecule has 1 amide bonds. The molecule has 1 aliphatic carbocycles. The Labute approximate surface area is 116 Å². The van der Waals surface area contributed by atoms with Crippen LogP contribution in [-0.2, 0) is 4.79 Å². The quantitative estimate of drug-likeness (QED) is 0.776. The zero-order valence-corrected chi connectivity index (χ0v) is 11.9. The van der Waals surface area contributed by atoms with Gasteiger partial charge < -0.3 is 5.32 Å². The number of nitriles is 1. The molecule has 106 valence electrons. The Morgan fingerprint density at radius 1 is 1.16 bits per heavy atom. The molecular formula is C15H25N3O. The van der Waals surface area contributed by atoms with E-state index in [1.54, 1.807) is 6.92 Å². The van der Waals surface area contributed by atoms with Crippen molar-refractivity contribution >= 4 is 5.91 Å². The minimum absolute atomic E-state index is 0.0721. The molecule has 4 heteroatoms. The van der Waals surface area contributed by atoms with Crippen molar-refractivity contribution in [1.82, 2.24) is 10.2 Å². The van der Waals surface area contributed by atoms with Crippen LogP contribution in [0.1, 0.15) is 51.9 Å².